The Morgan fingerprint density at radius 2 is 1.06 bits per heavy atom. The van der Waals surface area contributed by atoms with Crippen molar-refractivity contribution in [3.05, 3.63) is 82.4 Å². The molecule has 0 unspecified atom stereocenters. The Bertz CT molecular complexity index is 982. The number of aryl methyl sites for hydroxylation is 2. The molecule has 0 amide bonds. The van der Waals surface area contributed by atoms with Crippen LogP contribution in [0.25, 0.3) is 0 Å². The van der Waals surface area contributed by atoms with Crippen LogP contribution in [-0.4, -0.2) is 33.5 Å². The van der Waals surface area contributed by atoms with E-state index in [2.05, 4.69) is 0 Å². The fourth-order valence-corrected chi connectivity index (χ4v) is 4.00. The van der Waals surface area contributed by atoms with Gasteiger partial charge in [0.2, 0.25) is 0 Å². The molecule has 0 spiro atoms. The monoisotopic (exact) mass is 422 g/mol. The number of rotatable bonds is 8. The lowest BCUT2D eigenvalue weighted by atomic mass is 9.79. The van der Waals surface area contributed by atoms with Crippen LogP contribution in [0.15, 0.2) is 54.6 Å². The fraction of sp³-hybridized carbons (Fsp3) is 0.308. The number of hydrogen-bond donors (Lipinski definition) is 1. The standard InChI is InChI=1S/C26H30O5/c1-17-14-19(10-12-22(17)28-3)26(27,20-11-13-23(29-4)18(2)15-20)16-21-24(30-5)8-7-9-25(21)31-6/h7-15,27H,16H2,1-6H3. The highest BCUT2D eigenvalue weighted by atomic mass is 16.5. The third-order valence-corrected chi connectivity index (χ3v) is 5.71. The van der Waals surface area contributed by atoms with Gasteiger partial charge in [0.15, 0.2) is 0 Å². The molecule has 3 rings (SSSR count). The van der Waals surface area contributed by atoms with Crippen LogP contribution in [0.4, 0.5) is 0 Å². The number of ether oxygens (including phenoxy) is 4. The van der Waals surface area contributed by atoms with E-state index < -0.39 is 5.60 Å². The molecule has 0 atom stereocenters. The van der Waals surface area contributed by atoms with Crippen molar-refractivity contribution >= 4 is 0 Å². The number of benzene rings is 3. The molecule has 3 aromatic rings. The molecule has 0 aliphatic heterocycles. The molecule has 0 bridgehead atoms. The van der Waals surface area contributed by atoms with Gasteiger partial charge in [0.25, 0.3) is 0 Å². The predicted molar refractivity (Wildman–Crippen MR) is 122 cm³/mol. The molecule has 0 aromatic heterocycles. The highest BCUT2D eigenvalue weighted by Gasteiger charge is 2.35. The molecule has 0 fully saturated rings. The van der Waals surface area contributed by atoms with Crippen LogP contribution in [0.5, 0.6) is 23.0 Å². The first kappa shape index (κ1) is 22.5. The highest BCUT2D eigenvalue weighted by Crippen LogP contribution is 2.41. The number of hydrogen-bond acceptors (Lipinski definition) is 5. The SMILES string of the molecule is COc1ccc(C(O)(Cc2c(OC)cccc2OC)c2ccc(OC)c(C)c2)cc1C. The van der Waals surface area contributed by atoms with E-state index in [1.807, 2.05) is 68.4 Å². The van der Waals surface area contributed by atoms with E-state index >= 15 is 0 Å². The number of methoxy groups -OCH3 is 4. The van der Waals surface area contributed by atoms with E-state index in [0.717, 1.165) is 39.3 Å². The van der Waals surface area contributed by atoms with Crippen molar-refractivity contribution in [2.75, 3.05) is 28.4 Å². The van der Waals surface area contributed by atoms with Gasteiger partial charge in [-0.2, -0.15) is 0 Å². The second-order valence-corrected chi connectivity index (χ2v) is 7.55. The lowest BCUT2D eigenvalue weighted by molar-refractivity contribution is 0.0794. The van der Waals surface area contributed by atoms with Gasteiger partial charge >= 0.3 is 0 Å². The average Bonchev–Trinajstić information content (AvgIpc) is 2.78. The molecule has 3 aromatic carbocycles. The molecule has 31 heavy (non-hydrogen) atoms. The molecule has 1 N–H and O–H groups in total. The van der Waals surface area contributed by atoms with E-state index in [9.17, 15) is 5.11 Å². The molecule has 0 heterocycles. The zero-order valence-corrected chi connectivity index (χ0v) is 19.0. The lowest BCUT2D eigenvalue weighted by Crippen LogP contribution is -2.31. The smallest absolute Gasteiger partial charge is 0.125 e. The van der Waals surface area contributed by atoms with Crippen molar-refractivity contribution in [1.82, 2.24) is 0 Å². The summed E-state index contributed by atoms with van der Waals surface area (Å²) in [4.78, 5) is 0. The van der Waals surface area contributed by atoms with Crippen LogP contribution < -0.4 is 18.9 Å². The summed E-state index contributed by atoms with van der Waals surface area (Å²) in [6, 6.07) is 17.1. The van der Waals surface area contributed by atoms with E-state index in [1.54, 1.807) is 28.4 Å². The summed E-state index contributed by atoms with van der Waals surface area (Å²) in [6.07, 6.45) is 0.262. The first-order chi connectivity index (χ1) is 14.9. The molecular weight excluding hydrogens is 392 g/mol. The third-order valence-electron chi connectivity index (χ3n) is 5.71. The second kappa shape index (κ2) is 9.31. The van der Waals surface area contributed by atoms with E-state index in [-0.39, 0.29) is 6.42 Å². The van der Waals surface area contributed by atoms with Crippen LogP contribution >= 0.6 is 0 Å². The molecule has 5 heteroatoms. The van der Waals surface area contributed by atoms with Crippen LogP contribution in [0.1, 0.15) is 27.8 Å². The van der Waals surface area contributed by atoms with Gasteiger partial charge in [-0.1, -0.05) is 18.2 Å². The zero-order chi connectivity index (χ0) is 22.6. The quantitative estimate of drug-likeness (QED) is 0.564. The van der Waals surface area contributed by atoms with Crippen LogP contribution in [0.2, 0.25) is 0 Å². The van der Waals surface area contributed by atoms with Gasteiger partial charge in [-0.15, -0.1) is 0 Å². The summed E-state index contributed by atoms with van der Waals surface area (Å²) in [7, 11) is 6.51. The third kappa shape index (κ3) is 4.32. The Kier molecular flexibility index (Phi) is 6.76. The van der Waals surface area contributed by atoms with Gasteiger partial charge < -0.3 is 24.1 Å². The van der Waals surface area contributed by atoms with Crippen LogP contribution in [0, 0.1) is 13.8 Å². The Labute approximate surface area is 184 Å². The van der Waals surface area contributed by atoms with Crippen LogP contribution in [0.3, 0.4) is 0 Å². The van der Waals surface area contributed by atoms with Gasteiger partial charge in [-0.3, -0.25) is 0 Å². The van der Waals surface area contributed by atoms with Gasteiger partial charge in [0.1, 0.15) is 28.6 Å². The molecular formula is C26H30O5. The molecule has 0 radical (unpaired) electrons. The number of aliphatic hydroxyl groups is 1. The molecule has 0 saturated carbocycles. The minimum absolute atomic E-state index is 0.262. The van der Waals surface area contributed by atoms with E-state index in [1.165, 1.54) is 0 Å². The molecule has 0 aliphatic rings. The van der Waals surface area contributed by atoms with Crippen molar-refractivity contribution in [3.63, 3.8) is 0 Å². The summed E-state index contributed by atoms with van der Waals surface area (Å²) in [5, 5.41) is 12.2. The molecule has 0 aliphatic carbocycles. The Morgan fingerprint density at radius 3 is 1.42 bits per heavy atom. The maximum absolute atomic E-state index is 12.2. The molecule has 164 valence electrons. The maximum atomic E-state index is 12.2. The first-order valence-electron chi connectivity index (χ1n) is 10.1. The van der Waals surface area contributed by atoms with Gasteiger partial charge in [-0.25, -0.2) is 0 Å². The summed E-state index contributed by atoms with van der Waals surface area (Å²) >= 11 is 0. The normalized spacial score (nSPS) is 11.2. The average molecular weight is 423 g/mol. The van der Waals surface area contributed by atoms with Crippen molar-refractivity contribution in [1.29, 1.82) is 0 Å². The summed E-state index contributed by atoms with van der Waals surface area (Å²) in [5.41, 5.74) is 2.84. The minimum atomic E-state index is -1.34. The van der Waals surface area contributed by atoms with Gasteiger partial charge in [0.05, 0.1) is 28.4 Å². The summed E-state index contributed by atoms with van der Waals surface area (Å²) < 4.78 is 22.0. The Balaban J connectivity index is 2.23. The fourth-order valence-electron chi connectivity index (χ4n) is 4.00. The van der Waals surface area contributed by atoms with Crippen molar-refractivity contribution in [3.8, 4) is 23.0 Å². The summed E-state index contributed by atoms with van der Waals surface area (Å²) in [6.45, 7) is 3.93. The topological polar surface area (TPSA) is 57.2 Å². The predicted octanol–water partition coefficient (Wildman–Crippen LogP) is 4.82. The zero-order valence-electron chi connectivity index (χ0n) is 19.0. The Morgan fingerprint density at radius 1 is 0.645 bits per heavy atom. The summed E-state index contributed by atoms with van der Waals surface area (Å²) in [5.74, 6) is 2.86. The van der Waals surface area contributed by atoms with Gasteiger partial charge in [-0.05, 0) is 72.5 Å². The Hall–Kier alpha value is -3.18. The van der Waals surface area contributed by atoms with E-state index in [0.29, 0.717) is 11.5 Å². The van der Waals surface area contributed by atoms with Crippen molar-refractivity contribution in [2.45, 2.75) is 25.9 Å². The maximum Gasteiger partial charge on any atom is 0.125 e. The van der Waals surface area contributed by atoms with Gasteiger partial charge in [0, 0.05) is 12.0 Å². The first-order valence-corrected chi connectivity index (χ1v) is 10.1. The van der Waals surface area contributed by atoms with Crippen molar-refractivity contribution in [2.24, 2.45) is 0 Å². The van der Waals surface area contributed by atoms with E-state index in [4.69, 9.17) is 18.9 Å². The molecule has 5 nitrogen and oxygen atoms in total. The van der Waals surface area contributed by atoms with Crippen molar-refractivity contribution < 1.29 is 24.1 Å². The second-order valence-electron chi connectivity index (χ2n) is 7.55. The molecule has 0 saturated heterocycles. The van der Waals surface area contributed by atoms with Crippen LogP contribution in [-0.2, 0) is 12.0 Å². The lowest BCUT2D eigenvalue weighted by Gasteiger charge is -2.32. The minimum Gasteiger partial charge on any atom is -0.496 e. The highest BCUT2D eigenvalue weighted by molar-refractivity contribution is 5.51. The largest absolute Gasteiger partial charge is 0.496 e.